The summed E-state index contributed by atoms with van der Waals surface area (Å²) in [6, 6.07) is 49.4. The van der Waals surface area contributed by atoms with E-state index in [9.17, 15) is 0 Å². The Hall–Kier alpha value is -7.28. The van der Waals surface area contributed by atoms with Gasteiger partial charge in [-0.15, -0.1) is 0 Å². The molecule has 7 aromatic carbocycles. The molecule has 0 heterocycles. The average Bonchev–Trinajstić information content (AvgIpc) is 3.89. The first-order chi connectivity index (χ1) is 35.5. The molecule has 0 radical (unpaired) electrons. The quantitative estimate of drug-likeness (QED) is 0.154. The minimum atomic E-state index is -0.102. The Morgan fingerprint density at radius 2 is 1.07 bits per heavy atom. The van der Waals surface area contributed by atoms with Gasteiger partial charge in [-0.25, -0.2) is 0 Å². The summed E-state index contributed by atoms with van der Waals surface area (Å²) in [5.41, 5.74) is 27.6. The molecule has 0 spiro atoms. The molecule has 0 aromatic heterocycles. The molecule has 0 bridgehead atoms. The van der Waals surface area contributed by atoms with Crippen LogP contribution in [0.1, 0.15) is 113 Å². The molecule has 0 nitrogen and oxygen atoms in total. The van der Waals surface area contributed by atoms with Gasteiger partial charge in [0.15, 0.2) is 0 Å². The number of allylic oxidation sites excluding steroid dienone is 16. The molecule has 0 amide bonds. The van der Waals surface area contributed by atoms with Gasteiger partial charge in [-0.2, -0.15) is 0 Å². The number of benzene rings is 7. The lowest BCUT2D eigenvalue weighted by molar-refractivity contribution is 0.418. The zero-order valence-corrected chi connectivity index (χ0v) is 43.2. The second kappa shape index (κ2) is 15.4. The van der Waals surface area contributed by atoms with Gasteiger partial charge in [-0.1, -0.05) is 211 Å². The van der Waals surface area contributed by atoms with E-state index in [2.05, 4.69) is 230 Å². The molecule has 0 N–H and O–H groups in total. The third kappa shape index (κ3) is 5.96. The van der Waals surface area contributed by atoms with Crippen molar-refractivity contribution in [3.05, 3.63) is 254 Å². The maximum absolute atomic E-state index is 2.67. The van der Waals surface area contributed by atoms with Gasteiger partial charge in [-0.05, 0) is 199 Å². The van der Waals surface area contributed by atoms with Gasteiger partial charge in [0.25, 0.3) is 0 Å². The van der Waals surface area contributed by atoms with Gasteiger partial charge in [0, 0.05) is 22.7 Å². The molecule has 73 heavy (non-hydrogen) atoms. The van der Waals surface area contributed by atoms with E-state index in [0.717, 1.165) is 32.1 Å². The largest absolute Gasteiger partial charge is 0.0842 e. The van der Waals surface area contributed by atoms with Crippen LogP contribution in [0, 0.1) is 17.8 Å². The summed E-state index contributed by atoms with van der Waals surface area (Å²) in [6.07, 6.45) is 29.7. The Kier molecular flexibility index (Phi) is 9.12. The molecule has 3 atom stereocenters. The predicted octanol–water partition coefficient (Wildman–Crippen LogP) is 17.2. The van der Waals surface area contributed by atoms with E-state index >= 15 is 0 Å². The van der Waals surface area contributed by atoms with Crippen LogP contribution in [-0.4, -0.2) is 0 Å². The monoisotopic (exact) mass is 938 g/mol. The number of rotatable bonds is 4. The third-order valence-corrected chi connectivity index (χ3v) is 19.4. The molecular weight excluding hydrogens is 877 g/mol. The summed E-state index contributed by atoms with van der Waals surface area (Å²) in [4.78, 5) is 0. The molecule has 0 fully saturated rings. The second-order valence-electron chi connectivity index (χ2n) is 24.0. The van der Waals surface area contributed by atoms with E-state index in [1.807, 2.05) is 0 Å². The first-order valence-corrected chi connectivity index (χ1v) is 27.3. The fraction of sp³-hybridized carbons (Fsp3) is 0.233. The van der Waals surface area contributed by atoms with E-state index in [4.69, 9.17) is 0 Å². The van der Waals surface area contributed by atoms with E-state index in [1.165, 1.54) is 127 Å². The van der Waals surface area contributed by atoms with E-state index in [-0.39, 0.29) is 16.2 Å². The highest BCUT2D eigenvalue weighted by Gasteiger charge is 2.48. The van der Waals surface area contributed by atoms with Crippen LogP contribution in [0.25, 0.3) is 71.7 Å². The lowest BCUT2D eigenvalue weighted by atomic mass is 9.67. The number of fused-ring (bicyclic) bond motifs is 12. The summed E-state index contributed by atoms with van der Waals surface area (Å²) >= 11 is 0. The van der Waals surface area contributed by atoms with Crippen molar-refractivity contribution in [1.82, 2.24) is 0 Å². The lowest BCUT2D eigenvalue weighted by Crippen LogP contribution is -2.40. The highest BCUT2D eigenvalue weighted by molar-refractivity contribution is 6.19. The van der Waals surface area contributed by atoms with Gasteiger partial charge in [0.2, 0.25) is 0 Å². The van der Waals surface area contributed by atoms with Crippen LogP contribution in [0.4, 0.5) is 0 Å². The molecule has 8 aliphatic rings. The van der Waals surface area contributed by atoms with Crippen LogP contribution in [0.2, 0.25) is 0 Å². The molecule has 7 aromatic rings. The first kappa shape index (κ1) is 43.3. The van der Waals surface area contributed by atoms with Crippen molar-refractivity contribution in [2.45, 2.75) is 89.9 Å². The zero-order chi connectivity index (χ0) is 49.1. The van der Waals surface area contributed by atoms with Crippen LogP contribution >= 0.6 is 0 Å². The molecule has 0 aliphatic heterocycles. The van der Waals surface area contributed by atoms with E-state index in [1.54, 1.807) is 11.1 Å². The number of hydrogen-bond donors (Lipinski definition) is 0. The van der Waals surface area contributed by atoms with Crippen molar-refractivity contribution in [1.29, 1.82) is 0 Å². The topological polar surface area (TPSA) is 0 Å². The van der Waals surface area contributed by atoms with Crippen LogP contribution in [-0.2, 0) is 16.2 Å². The van der Waals surface area contributed by atoms with Gasteiger partial charge in [-0.3, -0.25) is 0 Å². The normalized spacial score (nSPS) is 22.9. The summed E-state index contributed by atoms with van der Waals surface area (Å²) in [6.45, 7) is 14.9. The van der Waals surface area contributed by atoms with Gasteiger partial charge in [0.05, 0.1) is 0 Å². The molecule has 0 saturated carbocycles. The summed E-state index contributed by atoms with van der Waals surface area (Å²) < 4.78 is 0. The predicted molar refractivity (Wildman–Crippen MR) is 309 cm³/mol. The molecule has 0 heteroatoms. The summed E-state index contributed by atoms with van der Waals surface area (Å²) in [5, 5.41) is 8.23. The van der Waals surface area contributed by atoms with E-state index in [0.29, 0.717) is 17.8 Å². The van der Waals surface area contributed by atoms with Gasteiger partial charge < -0.3 is 0 Å². The molecule has 8 aliphatic carbocycles. The van der Waals surface area contributed by atoms with Crippen LogP contribution < -0.4 is 10.4 Å². The Bertz CT molecular complexity index is 4020. The smallest absolute Gasteiger partial charge is 0.0159 e. The summed E-state index contributed by atoms with van der Waals surface area (Å²) in [7, 11) is 0. The second-order valence-corrected chi connectivity index (χ2v) is 24.0. The van der Waals surface area contributed by atoms with Crippen molar-refractivity contribution in [2.75, 3.05) is 0 Å². The Morgan fingerprint density at radius 3 is 1.77 bits per heavy atom. The van der Waals surface area contributed by atoms with Crippen molar-refractivity contribution < 1.29 is 0 Å². The minimum absolute atomic E-state index is 0.0333. The molecule has 354 valence electrons. The fourth-order valence-electron chi connectivity index (χ4n) is 15.8. The molecule has 3 unspecified atom stereocenters. The van der Waals surface area contributed by atoms with Crippen LogP contribution in [0.5, 0.6) is 0 Å². The maximum Gasteiger partial charge on any atom is 0.0159 e. The molecule has 15 rings (SSSR count). The SMILES string of the molecule is CC1(C)C2=C(CCC(C3=c4ccccc4=C(C4=CC=CCC4)C4C=CC=CC34)=C2)c2cc3c(cc21)C1=CC=C(c2c4ccccc4c(-c4ccc5c(c4)C(C)(C)c4ccccc4-5)c4ccccc24)CC1C3(C)C. The summed E-state index contributed by atoms with van der Waals surface area (Å²) in [5.74, 6) is 1.07. The highest BCUT2D eigenvalue weighted by Crippen LogP contribution is 2.61. The Balaban J connectivity index is 0.829. The van der Waals surface area contributed by atoms with Crippen molar-refractivity contribution in [3.8, 4) is 22.3 Å². The molecular formula is C73H62. The van der Waals surface area contributed by atoms with Crippen LogP contribution in [0.15, 0.2) is 205 Å². The fourth-order valence-corrected chi connectivity index (χ4v) is 15.8. The van der Waals surface area contributed by atoms with Crippen molar-refractivity contribution in [2.24, 2.45) is 17.8 Å². The van der Waals surface area contributed by atoms with Crippen molar-refractivity contribution >= 4 is 49.4 Å². The minimum Gasteiger partial charge on any atom is -0.0842 e. The zero-order valence-electron chi connectivity index (χ0n) is 43.2. The Morgan fingerprint density at radius 1 is 0.452 bits per heavy atom. The highest BCUT2D eigenvalue weighted by atomic mass is 14.5. The van der Waals surface area contributed by atoms with Crippen molar-refractivity contribution in [3.63, 3.8) is 0 Å². The molecule has 0 saturated heterocycles. The van der Waals surface area contributed by atoms with Gasteiger partial charge >= 0.3 is 0 Å². The van der Waals surface area contributed by atoms with E-state index < -0.39 is 0 Å². The van der Waals surface area contributed by atoms with Gasteiger partial charge in [0.1, 0.15) is 0 Å². The third-order valence-electron chi connectivity index (χ3n) is 19.4. The number of hydrogen-bond acceptors (Lipinski definition) is 0. The van der Waals surface area contributed by atoms with Crippen LogP contribution in [0.3, 0.4) is 0 Å². The standard InChI is InChI=1S/C73H62/c1-71(2)61-31-19-18-22-47(61)48-35-32-44(38-62(48)71)69-55-27-14-16-29-57(55)70(58-30-17-15-28-56(58)69)46-34-37-50-60-42-65-59(41-66(60)73(5,6)64(50)40-46)49-36-33-45(39-63(49)72(65,3)4)68-53-25-12-10-23-51(53)67(43-20-8-7-9-21-43)52-24-11-13-26-54(52)68/h7-8,10-20,22-32,34-35,37-39,41-42,51,53,64H,9,21,33,36,40H2,1-6H3. The first-order valence-electron chi connectivity index (χ1n) is 27.3. The lowest BCUT2D eigenvalue weighted by Gasteiger charge is -2.36. The Labute approximate surface area is 431 Å². The maximum atomic E-state index is 2.67. The average molecular weight is 939 g/mol.